The molecule has 0 aromatic heterocycles. The van der Waals surface area contributed by atoms with Gasteiger partial charge in [-0.05, 0) is 56.1 Å². The number of benzene rings is 3. The molecule has 0 unspecified atom stereocenters. The molecule has 0 atom stereocenters. The molecule has 0 aliphatic heterocycles. The number of unbranched alkanes of at least 4 members (excludes halogenated alkanes) is 1. The normalized spacial score (nSPS) is 10.9. The van der Waals surface area contributed by atoms with E-state index in [9.17, 15) is 10.2 Å². The molecule has 3 aromatic rings. The second kappa shape index (κ2) is 9.11. The van der Waals surface area contributed by atoms with E-state index < -0.39 is 0 Å². The van der Waals surface area contributed by atoms with Gasteiger partial charge in [-0.15, -0.1) is 0 Å². The Bertz CT molecular complexity index is 834. The summed E-state index contributed by atoms with van der Waals surface area (Å²) in [5.41, 5.74) is 2.35. The minimum atomic E-state index is -0.0868. The monoisotopic (exact) mass is 350 g/mol. The predicted octanol–water partition coefficient (Wildman–Crippen LogP) is 4.28. The van der Waals surface area contributed by atoms with Crippen molar-refractivity contribution in [2.45, 2.75) is 19.3 Å². The van der Waals surface area contributed by atoms with E-state index in [4.69, 9.17) is 0 Å². The van der Waals surface area contributed by atoms with E-state index in [1.165, 1.54) is 11.6 Å². The second-order valence-electron chi connectivity index (χ2n) is 6.45. The van der Waals surface area contributed by atoms with E-state index in [1.807, 2.05) is 30.3 Å². The maximum atomic E-state index is 9.97. The second-order valence-corrected chi connectivity index (χ2v) is 6.45. The highest BCUT2D eigenvalue weighted by Crippen LogP contribution is 2.36. The molecule has 0 radical (unpaired) electrons. The summed E-state index contributed by atoms with van der Waals surface area (Å²) in [4.78, 5) is 0. The van der Waals surface area contributed by atoms with Crippen LogP contribution in [0.4, 0.5) is 5.69 Å². The van der Waals surface area contributed by atoms with Gasteiger partial charge in [-0.25, -0.2) is 0 Å². The molecule has 0 amide bonds. The first-order valence-corrected chi connectivity index (χ1v) is 9.18. The number of phenols is 2. The van der Waals surface area contributed by atoms with Crippen LogP contribution in [0.15, 0.2) is 60.7 Å². The fourth-order valence-electron chi connectivity index (χ4n) is 3.09. The van der Waals surface area contributed by atoms with Gasteiger partial charge < -0.3 is 20.8 Å². The lowest BCUT2D eigenvalue weighted by Crippen LogP contribution is -2.19. The van der Waals surface area contributed by atoms with E-state index in [0.29, 0.717) is 5.39 Å². The average molecular weight is 350 g/mol. The van der Waals surface area contributed by atoms with Crippen LogP contribution in [0, 0.1) is 0 Å². The number of hydrogen-bond acceptors (Lipinski definition) is 4. The van der Waals surface area contributed by atoms with Gasteiger partial charge >= 0.3 is 0 Å². The first kappa shape index (κ1) is 18.1. The molecule has 3 aromatic carbocycles. The van der Waals surface area contributed by atoms with Crippen LogP contribution < -0.4 is 10.6 Å². The van der Waals surface area contributed by atoms with Crippen LogP contribution in [0.1, 0.15) is 18.4 Å². The van der Waals surface area contributed by atoms with Crippen molar-refractivity contribution in [2.75, 3.05) is 25.0 Å². The molecule has 136 valence electrons. The van der Waals surface area contributed by atoms with Gasteiger partial charge in [-0.1, -0.05) is 42.5 Å². The molecular weight excluding hydrogens is 324 g/mol. The molecule has 0 saturated heterocycles. The maximum absolute atomic E-state index is 9.97. The first-order chi connectivity index (χ1) is 12.8. The highest BCUT2D eigenvalue weighted by atomic mass is 16.3. The highest BCUT2D eigenvalue weighted by Gasteiger charge is 2.07. The van der Waals surface area contributed by atoms with Crippen molar-refractivity contribution in [1.29, 1.82) is 0 Å². The van der Waals surface area contributed by atoms with Gasteiger partial charge in [-0.2, -0.15) is 0 Å². The van der Waals surface area contributed by atoms with Gasteiger partial charge in [0.25, 0.3) is 0 Å². The van der Waals surface area contributed by atoms with Gasteiger partial charge in [0.15, 0.2) is 11.5 Å². The number of aromatic hydroxyl groups is 2. The van der Waals surface area contributed by atoms with E-state index in [2.05, 4.69) is 34.9 Å². The Labute approximate surface area is 154 Å². The lowest BCUT2D eigenvalue weighted by molar-refractivity contribution is 0.408. The van der Waals surface area contributed by atoms with Crippen molar-refractivity contribution in [1.82, 2.24) is 5.32 Å². The molecule has 0 aliphatic rings. The summed E-state index contributed by atoms with van der Waals surface area (Å²) < 4.78 is 0. The van der Waals surface area contributed by atoms with E-state index in [-0.39, 0.29) is 11.5 Å². The third kappa shape index (κ3) is 4.67. The number of phenolic OH excluding ortho intramolecular Hbond substituents is 2. The fraction of sp³-hybridized carbons (Fsp3) is 0.273. The number of hydrogen-bond donors (Lipinski definition) is 4. The number of anilines is 1. The van der Waals surface area contributed by atoms with Crippen LogP contribution in [0.25, 0.3) is 10.8 Å². The lowest BCUT2D eigenvalue weighted by atomic mass is 10.1. The Morgan fingerprint density at radius 3 is 2.35 bits per heavy atom. The Morgan fingerprint density at radius 2 is 1.50 bits per heavy atom. The summed E-state index contributed by atoms with van der Waals surface area (Å²) in [6.07, 6.45) is 3.24. The summed E-state index contributed by atoms with van der Waals surface area (Å²) in [5.74, 6) is -0.148. The first-order valence-electron chi connectivity index (χ1n) is 9.18. The minimum Gasteiger partial charge on any atom is -0.504 e. The van der Waals surface area contributed by atoms with Gasteiger partial charge in [0.2, 0.25) is 0 Å². The minimum absolute atomic E-state index is 0.0613. The Balaban J connectivity index is 1.38. The zero-order chi connectivity index (χ0) is 18.2. The molecule has 4 nitrogen and oxygen atoms in total. The summed E-state index contributed by atoms with van der Waals surface area (Å²) in [6.45, 7) is 2.89. The third-order valence-corrected chi connectivity index (χ3v) is 4.54. The van der Waals surface area contributed by atoms with Crippen LogP contribution in [-0.4, -0.2) is 29.8 Å². The van der Waals surface area contributed by atoms with Crippen molar-refractivity contribution in [3.05, 3.63) is 66.2 Å². The van der Waals surface area contributed by atoms with Gasteiger partial charge in [0, 0.05) is 23.0 Å². The fourth-order valence-corrected chi connectivity index (χ4v) is 3.09. The molecule has 4 N–H and O–H groups in total. The van der Waals surface area contributed by atoms with E-state index in [0.717, 1.165) is 50.0 Å². The number of rotatable bonds is 9. The van der Waals surface area contributed by atoms with Crippen LogP contribution in [0.5, 0.6) is 11.5 Å². The smallest absolute Gasteiger partial charge is 0.165 e. The van der Waals surface area contributed by atoms with E-state index in [1.54, 1.807) is 0 Å². The van der Waals surface area contributed by atoms with Crippen LogP contribution >= 0.6 is 0 Å². The largest absolute Gasteiger partial charge is 0.504 e. The van der Waals surface area contributed by atoms with Crippen molar-refractivity contribution >= 4 is 16.5 Å². The van der Waals surface area contributed by atoms with Crippen molar-refractivity contribution in [2.24, 2.45) is 0 Å². The van der Waals surface area contributed by atoms with Crippen LogP contribution in [-0.2, 0) is 6.42 Å². The zero-order valence-electron chi connectivity index (χ0n) is 14.9. The number of nitrogens with one attached hydrogen (secondary N) is 2. The van der Waals surface area contributed by atoms with Crippen molar-refractivity contribution in [3.8, 4) is 11.5 Å². The topological polar surface area (TPSA) is 64.5 Å². The number of fused-ring (bicyclic) bond motifs is 1. The SMILES string of the molecule is Oc1ccc2c(NCCCCNCCc3ccccc3)cccc2c1O. The lowest BCUT2D eigenvalue weighted by Gasteiger charge is -2.11. The standard InChI is InChI=1S/C22H26N2O2/c25-21-12-11-18-19(22(21)26)9-6-10-20(18)24-15-5-4-14-23-16-13-17-7-2-1-3-8-17/h1-3,6-12,23-26H,4-5,13-16H2. The Hall–Kier alpha value is -2.72. The molecule has 4 heteroatoms. The molecule has 0 heterocycles. The maximum Gasteiger partial charge on any atom is 0.165 e. The quantitative estimate of drug-likeness (QED) is 0.344. The molecule has 0 aliphatic carbocycles. The summed E-state index contributed by atoms with van der Waals surface area (Å²) >= 11 is 0. The molecule has 0 saturated carbocycles. The van der Waals surface area contributed by atoms with Crippen molar-refractivity contribution < 1.29 is 10.2 Å². The van der Waals surface area contributed by atoms with Crippen molar-refractivity contribution in [3.63, 3.8) is 0 Å². The summed E-state index contributed by atoms with van der Waals surface area (Å²) in [7, 11) is 0. The summed E-state index contributed by atoms with van der Waals surface area (Å²) in [5, 5.41) is 28.1. The van der Waals surface area contributed by atoms with Crippen LogP contribution in [0.3, 0.4) is 0 Å². The highest BCUT2D eigenvalue weighted by molar-refractivity contribution is 5.98. The molecular formula is C22H26N2O2. The summed E-state index contributed by atoms with van der Waals surface area (Å²) in [6, 6.07) is 19.6. The van der Waals surface area contributed by atoms with Gasteiger partial charge in [-0.3, -0.25) is 0 Å². The zero-order valence-corrected chi connectivity index (χ0v) is 14.9. The van der Waals surface area contributed by atoms with Crippen LogP contribution in [0.2, 0.25) is 0 Å². The molecule has 26 heavy (non-hydrogen) atoms. The average Bonchev–Trinajstić information content (AvgIpc) is 2.68. The van der Waals surface area contributed by atoms with E-state index >= 15 is 0 Å². The molecule has 0 spiro atoms. The molecule has 0 fully saturated rings. The third-order valence-electron chi connectivity index (χ3n) is 4.54. The van der Waals surface area contributed by atoms with Gasteiger partial charge in [0.1, 0.15) is 0 Å². The van der Waals surface area contributed by atoms with Gasteiger partial charge in [0.05, 0.1) is 0 Å². The molecule has 0 bridgehead atoms. The Kier molecular flexibility index (Phi) is 6.34. The predicted molar refractivity (Wildman–Crippen MR) is 108 cm³/mol. The molecule has 3 rings (SSSR count). The Morgan fingerprint density at radius 1 is 0.692 bits per heavy atom.